The van der Waals surface area contributed by atoms with E-state index in [4.69, 9.17) is 5.73 Å². The third-order valence-corrected chi connectivity index (χ3v) is 3.44. The number of rotatable bonds is 10. The lowest BCUT2D eigenvalue weighted by Gasteiger charge is -2.19. The molecule has 0 rings (SSSR count). The maximum absolute atomic E-state index is 11.9. The number of hydrogen-bond donors (Lipinski definition) is 2. The Morgan fingerprint density at radius 2 is 1.68 bits per heavy atom. The number of carbonyl (C=O) groups is 1. The third kappa shape index (κ3) is 11.0. The molecule has 3 N–H and O–H groups in total. The topological polar surface area (TPSA) is 55.1 Å². The van der Waals surface area contributed by atoms with Gasteiger partial charge in [-0.05, 0) is 44.1 Å². The summed E-state index contributed by atoms with van der Waals surface area (Å²) in [7, 11) is 0. The highest BCUT2D eigenvalue weighted by molar-refractivity contribution is 5.76. The van der Waals surface area contributed by atoms with Crippen LogP contribution in [0, 0.1) is 17.8 Å². The largest absolute Gasteiger partial charge is 0.354 e. The van der Waals surface area contributed by atoms with E-state index in [0.29, 0.717) is 24.8 Å². The summed E-state index contributed by atoms with van der Waals surface area (Å²) < 4.78 is 0. The molecule has 0 aromatic heterocycles. The fraction of sp³-hybridized carbons (Fsp3) is 0.938. The first-order valence-electron chi connectivity index (χ1n) is 7.84. The van der Waals surface area contributed by atoms with E-state index in [2.05, 4.69) is 39.9 Å². The predicted molar refractivity (Wildman–Crippen MR) is 82.9 cm³/mol. The summed E-state index contributed by atoms with van der Waals surface area (Å²) in [5, 5.41) is 3.10. The second kappa shape index (κ2) is 10.2. The number of nitrogens with one attached hydrogen (secondary N) is 1. The van der Waals surface area contributed by atoms with E-state index < -0.39 is 0 Å². The summed E-state index contributed by atoms with van der Waals surface area (Å²) >= 11 is 0. The van der Waals surface area contributed by atoms with Gasteiger partial charge >= 0.3 is 0 Å². The van der Waals surface area contributed by atoms with Crippen LogP contribution < -0.4 is 11.1 Å². The van der Waals surface area contributed by atoms with E-state index in [9.17, 15) is 4.79 Å². The summed E-state index contributed by atoms with van der Waals surface area (Å²) in [6.07, 6.45) is 5.10. The van der Waals surface area contributed by atoms with Crippen molar-refractivity contribution in [2.24, 2.45) is 23.5 Å². The molecule has 0 aromatic rings. The van der Waals surface area contributed by atoms with Crippen LogP contribution in [-0.4, -0.2) is 18.5 Å². The smallest absolute Gasteiger partial charge is 0.220 e. The minimum atomic E-state index is 0.160. The van der Waals surface area contributed by atoms with Crippen LogP contribution in [0.3, 0.4) is 0 Å². The van der Waals surface area contributed by atoms with Crippen molar-refractivity contribution in [3.8, 4) is 0 Å². The Morgan fingerprint density at radius 1 is 1.05 bits per heavy atom. The first-order chi connectivity index (χ1) is 8.85. The Bertz CT molecular complexity index is 239. The van der Waals surface area contributed by atoms with Gasteiger partial charge in [-0.25, -0.2) is 0 Å². The Hall–Kier alpha value is -0.570. The summed E-state index contributed by atoms with van der Waals surface area (Å²) in [4.78, 5) is 11.9. The van der Waals surface area contributed by atoms with E-state index in [1.54, 1.807) is 0 Å². The van der Waals surface area contributed by atoms with Crippen LogP contribution in [0.25, 0.3) is 0 Å². The SMILES string of the molecule is CC(C)CCCC(C)NC(=O)C[C@@H](CN)CC(C)C. The van der Waals surface area contributed by atoms with E-state index in [0.717, 1.165) is 18.8 Å². The van der Waals surface area contributed by atoms with Gasteiger partial charge in [0.05, 0.1) is 0 Å². The molecule has 3 nitrogen and oxygen atoms in total. The predicted octanol–water partition coefficient (Wildman–Crippen LogP) is 3.33. The maximum Gasteiger partial charge on any atom is 0.220 e. The molecule has 19 heavy (non-hydrogen) atoms. The van der Waals surface area contributed by atoms with Gasteiger partial charge in [-0.1, -0.05) is 40.5 Å². The van der Waals surface area contributed by atoms with E-state index in [1.165, 1.54) is 12.8 Å². The van der Waals surface area contributed by atoms with Gasteiger partial charge in [0.15, 0.2) is 0 Å². The molecular weight excluding hydrogens is 236 g/mol. The zero-order chi connectivity index (χ0) is 14.8. The normalized spacial score (nSPS) is 14.7. The number of hydrogen-bond acceptors (Lipinski definition) is 2. The molecule has 0 fully saturated rings. The van der Waals surface area contributed by atoms with Gasteiger partial charge in [0.1, 0.15) is 0 Å². The molecule has 0 aliphatic rings. The van der Waals surface area contributed by atoms with Gasteiger partial charge in [-0.3, -0.25) is 4.79 Å². The van der Waals surface area contributed by atoms with Crippen LogP contribution in [-0.2, 0) is 4.79 Å². The Morgan fingerprint density at radius 3 is 2.16 bits per heavy atom. The first kappa shape index (κ1) is 18.4. The zero-order valence-electron chi connectivity index (χ0n) is 13.5. The highest BCUT2D eigenvalue weighted by Gasteiger charge is 2.15. The molecule has 0 spiro atoms. The fourth-order valence-electron chi connectivity index (χ4n) is 2.43. The van der Waals surface area contributed by atoms with Crippen molar-refractivity contribution in [3.05, 3.63) is 0 Å². The van der Waals surface area contributed by atoms with Crippen molar-refractivity contribution in [3.63, 3.8) is 0 Å². The second-order valence-corrected chi connectivity index (χ2v) is 6.73. The minimum absolute atomic E-state index is 0.160. The number of amides is 1. The van der Waals surface area contributed by atoms with E-state index in [-0.39, 0.29) is 11.9 Å². The molecule has 0 radical (unpaired) electrons. The minimum Gasteiger partial charge on any atom is -0.354 e. The van der Waals surface area contributed by atoms with Crippen molar-refractivity contribution >= 4 is 5.91 Å². The Balaban J connectivity index is 3.88. The van der Waals surface area contributed by atoms with Gasteiger partial charge < -0.3 is 11.1 Å². The van der Waals surface area contributed by atoms with Crippen molar-refractivity contribution in [2.75, 3.05) is 6.54 Å². The molecule has 0 heterocycles. The summed E-state index contributed by atoms with van der Waals surface area (Å²) in [5.41, 5.74) is 5.73. The van der Waals surface area contributed by atoms with Crippen LogP contribution in [0.2, 0.25) is 0 Å². The first-order valence-corrected chi connectivity index (χ1v) is 7.84. The molecule has 0 saturated carbocycles. The average Bonchev–Trinajstić information content (AvgIpc) is 2.26. The third-order valence-electron chi connectivity index (χ3n) is 3.44. The van der Waals surface area contributed by atoms with Crippen molar-refractivity contribution in [1.82, 2.24) is 5.32 Å². The molecule has 114 valence electrons. The second-order valence-electron chi connectivity index (χ2n) is 6.73. The molecular formula is C16H34N2O. The lowest BCUT2D eigenvalue weighted by Crippen LogP contribution is -2.35. The number of carbonyl (C=O) groups excluding carboxylic acids is 1. The molecule has 2 atom stereocenters. The summed E-state index contributed by atoms with van der Waals surface area (Å²) in [6, 6.07) is 0.281. The van der Waals surface area contributed by atoms with E-state index >= 15 is 0 Å². The average molecular weight is 270 g/mol. The molecule has 0 saturated heterocycles. The Kier molecular flexibility index (Phi) is 9.94. The molecule has 1 unspecified atom stereocenters. The molecule has 1 amide bonds. The van der Waals surface area contributed by atoms with Gasteiger partial charge in [0.25, 0.3) is 0 Å². The zero-order valence-corrected chi connectivity index (χ0v) is 13.5. The van der Waals surface area contributed by atoms with Crippen molar-refractivity contribution < 1.29 is 4.79 Å². The molecule has 0 aliphatic carbocycles. The van der Waals surface area contributed by atoms with E-state index in [1.807, 2.05) is 0 Å². The fourth-order valence-corrected chi connectivity index (χ4v) is 2.43. The highest BCUT2D eigenvalue weighted by atomic mass is 16.1. The van der Waals surface area contributed by atoms with Gasteiger partial charge in [0.2, 0.25) is 5.91 Å². The van der Waals surface area contributed by atoms with Crippen LogP contribution in [0.1, 0.15) is 66.7 Å². The quantitative estimate of drug-likeness (QED) is 0.640. The number of nitrogens with two attached hydrogens (primary N) is 1. The molecule has 3 heteroatoms. The van der Waals surface area contributed by atoms with Crippen molar-refractivity contribution in [1.29, 1.82) is 0 Å². The monoisotopic (exact) mass is 270 g/mol. The standard InChI is InChI=1S/C16H34N2O/c1-12(2)7-6-8-14(5)18-16(19)10-15(11-17)9-13(3)4/h12-15H,6-11,17H2,1-5H3,(H,18,19)/t14?,15-/m0/s1. The van der Waals surface area contributed by atoms with Crippen LogP contribution in [0.15, 0.2) is 0 Å². The lowest BCUT2D eigenvalue weighted by molar-refractivity contribution is -0.122. The van der Waals surface area contributed by atoms with Crippen molar-refractivity contribution in [2.45, 2.75) is 72.8 Å². The maximum atomic E-state index is 11.9. The van der Waals surface area contributed by atoms with Gasteiger partial charge in [0, 0.05) is 12.5 Å². The highest BCUT2D eigenvalue weighted by Crippen LogP contribution is 2.14. The molecule has 0 aliphatic heterocycles. The lowest BCUT2D eigenvalue weighted by atomic mass is 9.94. The Labute approximate surface area is 119 Å². The van der Waals surface area contributed by atoms with Crippen LogP contribution in [0.4, 0.5) is 0 Å². The van der Waals surface area contributed by atoms with Crippen LogP contribution >= 0.6 is 0 Å². The molecule has 0 bridgehead atoms. The van der Waals surface area contributed by atoms with Gasteiger partial charge in [-0.2, -0.15) is 0 Å². The van der Waals surface area contributed by atoms with Gasteiger partial charge in [-0.15, -0.1) is 0 Å². The van der Waals surface area contributed by atoms with Crippen LogP contribution in [0.5, 0.6) is 0 Å². The molecule has 0 aromatic carbocycles. The summed E-state index contributed by atoms with van der Waals surface area (Å²) in [6.45, 7) is 11.5. The summed E-state index contributed by atoms with van der Waals surface area (Å²) in [5.74, 6) is 1.83.